The summed E-state index contributed by atoms with van der Waals surface area (Å²) in [5.74, 6) is -1.64. The third-order valence-corrected chi connectivity index (χ3v) is 2.66. The first-order chi connectivity index (χ1) is 8.49. The van der Waals surface area contributed by atoms with Crippen molar-refractivity contribution < 1.29 is 19.1 Å². The van der Waals surface area contributed by atoms with E-state index in [-0.39, 0.29) is 5.57 Å². The third kappa shape index (κ3) is 2.17. The number of carboxylic acid groups (broad SMARTS) is 1. The Bertz CT molecular complexity index is 542. The van der Waals surface area contributed by atoms with Crippen molar-refractivity contribution in [1.82, 2.24) is 10.2 Å². The molecular formula is C12H11FN2O3. The van der Waals surface area contributed by atoms with Gasteiger partial charge in [0.25, 0.3) is 0 Å². The molecule has 18 heavy (non-hydrogen) atoms. The molecule has 1 aromatic carbocycles. The summed E-state index contributed by atoms with van der Waals surface area (Å²) in [6.07, 6.45) is 1.23. The largest absolute Gasteiger partial charge is 0.478 e. The highest BCUT2D eigenvalue weighted by Gasteiger charge is 2.30. The highest BCUT2D eigenvalue weighted by Crippen LogP contribution is 2.26. The van der Waals surface area contributed by atoms with Gasteiger partial charge in [-0.25, -0.2) is 14.0 Å². The first-order valence-electron chi connectivity index (χ1n) is 5.23. The van der Waals surface area contributed by atoms with Crippen LogP contribution in [0.2, 0.25) is 0 Å². The molecule has 6 heteroatoms. The molecule has 0 spiro atoms. The normalized spacial score (nSPS) is 19.2. The van der Waals surface area contributed by atoms with Crippen molar-refractivity contribution in [3.8, 4) is 0 Å². The summed E-state index contributed by atoms with van der Waals surface area (Å²) in [5, 5.41) is 11.6. The van der Waals surface area contributed by atoms with Crippen molar-refractivity contribution in [2.45, 2.75) is 6.04 Å². The molecule has 1 heterocycles. The van der Waals surface area contributed by atoms with Crippen molar-refractivity contribution in [3.05, 3.63) is 47.4 Å². The summed E-state index contributed by atoms with van der Waals surface area (Å²) >= 11 is 0. The molecular weight excluding hydrogens is 239 g/mol. The zero-order valence-electron chi connectivity index (χ0n) is 9.55. The van der Waals surface area contributed by atoms with E-state index in [1.807, 2.05) is 0 Å². The van der Waals surface area contributed by atoms with Gasteiger partial charge in [0, 0.05) is 13.2 Å². The first-order valence-corrected chi connectivity index (χ1v) is 5.23. The maximum Gasteiger partial charge on any atom is 0.335 e. The number of halogens is 1. The molecule has 2 amide bonds. The van der Waals surface area contributed by atoms with Crippen LogP contribution in [0.5, 0.6) is 0 Å². The van der Waals surface area contributed by atoms with Gasteiger partial charge in [0.2, 0.25) is 0 Å². The molecule has 0 aromatic heterocycles. The number of rotatable bonds is 2. The van der Waals surface area contributed by atoms with Crippen LogP contribution in [0, 0.1) is 5.82 Å². The first kappa shape index (κ1) is 12.1. The molecule has 1 atom stereocenters. The van der Waals surface area contributed by atoms with Crippen LogP contribution < -0.4 is 5.32 Å². The Kier molecular flexibility index (Phi) is 3.01. The van der Waals surface area contributed by atoms with E-state index in [9.17, 15) is 14.0 Å². The van der Waals surface area contributed by atoms with Crippen LogP contribution in [0.25, 0.3) is 0 Å². The summed E-state index contributed by atoms with van der Waals surface area (Å²) < 4.78 is 13.1. The monoisotopic (exact) mass is 250 g/mol. The molecule has 0 saturated heterocycles. The summed E-state index contributed by atoms with van der Waals surface area (Å²) in [7, 11) is 1.44. The zero-order chi connectivity index (χ0) is 13.3. The minimum absolute atomic E-state index is 0.0114. The van der Waals surface area contributed by atoms with E-state index >= 15 is 0 Å². The number of nitrogens with zero attached hydrogens (tertiary/aromatic N) is 1. The lowest BCUT2D eigenvalue weighted by molar-refractivity contribution is -0.133. The highest BCUT2D eigenvalue weighted by atomic mass is 19.1. The number of carbonyl (C=O) groups is 2. The minimum atomic E-state index is -1.16. The van der Waals surface area contributed by atoms with Crippen LogP contribution in [0.1, 0.15) is 11.6 Å². The fraction of sp³-hybridized carbons (Fsp3) is 0.167. The molecule has 0 bridgehead atoms. The van der Waals surface area contributed by atoms with E-state index in [1.165, 1.54) is 31.4 Å². The van der Waals surface area contributed by atoms with Gasteiger partial charge >= 0.3 is 12.0 Å². The van der Waals surface area contributed by atoms with E-state index in [0.29, 0.717) is 5.56 Å². The fourth-order valence-corrected chi connectivity index (χ4v) is 1.77. The van der Waals surface area contributed by atoms with Gasteiger partial charge in [-0.05, 0) is 17.7 Å². The molecule has 5 nitrogen and oxygen atoms in total. The van der Waals surface area contributed by atoms with Crippen LogP contribution in [0.3, 0.4) is 0 Å². The predicted octanol–water partition coefficient (Wildman–Crippen LogP) is 1.49. The highest BCUT2D eigenvalue weighted by molar-refractivity contribution is 5.92. The van der Waals surface area contributed by atoms with Gasteiger partial charge in [-0.15, -0.1) is 0 Å². The van der Waals surface area contributed by atoms with Crippen LogP contribution in [0.4, 0.5) is 9.18 Å². The Labute approximate surface area is 103 Å². The number of hydrogen-bond donors (Lipinski definition) is 2. The van der Waals surface area contributed by atoms with E-state index in [0.717, 1.165) is 4.90 Å². The molecule has 0 saturated carbocycles. The molecule has 1 aromatic rings. The SMILES string of the molecule is CN1C=C(C(=O)O)C(c2cccc(F)c2)NC1=O. The van der Waals surface area contributed by atoms with Gasteiger partial charge in [-0.1, -0.05) is 12.1 Å². The van der Waals surface area contributed by atoms with Gasteiger partial charge in [0.1, 0.15) is 5.82 Å². The lowest BCUT2D eigenvalue weighted by Gasteiger charge is -2.28. The van der Waals surface area contributed by atoms with Crippen molar-refractivity contribution in [2.75, 3.05) is 7.05 Å². The Hall–Kier alpha value is -2.37. The maximum atomic E-state index is 13.1. The van der Waals surface area contributed by atoms with E-state index < -0.39 is 23.9 Å². The molecule has 2 rings (SSSR count). The van der Waals surface area contributed by atoms with Crippen molar-refractivity contribution in [2.24, 2.45) is 0 Å². The third-order valence-electron chi connectivity index (χ3n) is 2.66. The Morgan fingerprint density at radius 3 is 2.83 bits per heavy atom. The summed E-state index contributed by atoms with van der Waals surface area (Å²) in [5.41, 5.74) is 0.382. The Balaban J connectivity index is 2.45. The van der Waals surface area contributed by atoms with Crippen molar-refractivity contribution in [1.29, 1.82) is 0 Å². The molecule has 1 aliphatic heterocycles. The summed E-state index contributed by atoms with van der Waals surface area (Å²) in [4.78, 5) is 23.8. The molecule has 2 N–H and O–H groups in total. The number of aliphatic carboxylic acids is 1. The molecule has 1 aliphatic rings. The van der Waals surface area contributed by atoms with Crippen molar-refractivity contribution in [3.63, 3.8) is 0 Å². The van der Waals surface area contributed by atoms with Crippen LogP contribution in [0.15, 0.2) is 36.0 Å². The molecule has 0 fully saturated rings. The van der Waals surface area contributed by atoms with E-state index in [2.05, 4.69) is 5.32 Å². The zero-order valence-corrected chi connectivity index (χ0v) is 9.55. The van der Waals surface area contributed by atoms with E-state index in [1.54, 1.807) is 6.07 Å². The number of nitrogens with one attached hydrogen (secondary N) is 1. The molecule has 94 valence electrons. The molecule has 0 radical (unpaired) electrons. The lowest BCUT2D eigenvalue weighted by Crippen LogP contribution is -2.43. The van der Waals surface area contributed by atoms with E-state index in [4.69, 9.17) is 5.11 Å². The van der Waals surface area contributed by atoms with Gasteiger partial charge in [0.05, 0.1) is 11.6 Å². The van der Waals surface area contributed by atoms with Crippen LogP contribution in [-0.4, -0.2) is 29.1 Å². The van der Waals surface area contributed by atoms with Crippen LogP contribution >= 0.6 is 0 Å². The number of amides is 2. The van der Waals surface area contributed by atoms with Crippen molar-refractivity contribution >= 4 is 12.0 Å². The van der Waals surface area contributed by atoms with Gasteiger partial charge < -0.3 is 15.3 Å². The van der Waals surface area contributed by atoms with Gasteiger partial charge in [-0.3, -0.25) is 0 Å². The number of carboxylic acids is 1. The second-order valence-corrected chi connectivity index (χ2v) is 3.94. The lowest BCUT2D eigenvalue weighted by atomic mass is 9.98. The molecule has 0 aliphatic carbocycles. The average Bonchev–Trinajstić information content (AvgIpc) is 2.31. The Morgan fingerprint density at radius 1 is 1.50 bits per heavy atom. The maximum absolute atomic E-state index is 13.1. The quantitative estimate of drug-likeness (QED) is 0.835. The smallest absolute Gasteiger partial charge is 0.335 e. The number of urea groups is 1. The van der Waals surface area contributed by atoms with Crippen LogP contribution in [-0.2, 0) is 4.79 Å². The second kappa shape index (κ2) is 4.48. The standard InChI is InChI=1S/C12H11FN2O3/c1-15-6-9(11(16)17)10(14-12(15)18)7-3-2-4-8(13)5-7/h2-6,10H,1H3,(H,14,18)(H,16,17). The Morgan fingerprint density at radius 2 is 2.22 bits per heavy atom. The van der Waals surface area contributed by atoms with Gasteiger partial charge in [0.15, 0.2) is 0 Å². The average molecular weight is 250 g/mol. The topological polar surface area (TPSA) is 69.6 Å². The minimum Gasteiger partial charge on any atom is -0.478 e. The fourth-order valence-electron chi connectivity index (χ4n) is 1.77. The number of hydrogen-bond acceptors (Lipinski definition) is 2. The number of benzene rings is 1. The summed E-state index contributed by atoms with van der Waals surface area (Å²) in [6, 6.07) is 4.21. The molecule has 1 unspecified atom stereocenters. The second-order valence-electron chi connectivity index (χ2n) is 3.94. The summed E-state index contributed by atoms with van der Waals surface area (Å²) in [6.45, 7) is 0. The van der Waals surface area contributed by atoms with Gasteiger partial charge in [-0.2, -0.15) is 0 Å². The predicted molar refractivity (Wildman–Crippen MR) is 61.2 cm³/mol. The number of carbonyl (C=O) groups excluding carboxylic acids is 1.